The van der Waals surface area contributed by atoms with Gasteiger partial charge in [-0.1, -0.05) is 0 Å². The fourth-order valence-electron chi connectivity index (χ4n) is 5.62. The highest BCUT2D eigenvalue weighted by molar-refractivity contribution is 6.02. The summed E-state index contributed by atoms with van der Waals surface area (Å²) in [7, 11) is 3.23. The molecule has 0 spiro atoms. The van der Waals surface area contributed by atoms with Gasteiger partial charge in [0.2, 0.25) is 0 Å². The van der Waals surface area contributed by atoms with Crippen molar-refractivity contribution in [3.05, 3.63) is 46.4 Å². The molecule has 12 nitrogen and oxygen atoms in total. The molecular formula is C28H31N7O5. The van der Waals surface area contributed by atoms with E-state index in [-0.39, 0.29) is 17.9 Å². The Hall–Kier alpha value is -4.30. The smallest absolute Gasteiger partial charge is 0.328 e. The standard InChI is InChI=1S/C28H31N7O5/c1-39-21-5-8-34(15-21)23-11-26(30-13-20(23)12-29)32-28(38)35-7-3-4-18-10-19(22(16-36)31-27(18)35)14-33-9-6-25(40-2)24(33)17-37/h10-11,13,16,21,25H,3-9,14-15H2,1-2H3,(H,30,32,38)/t21-,25-/m1/s1. The second-order valence-electron chi connectivity index (χ2n) is 10.0. The molecule has 208 valence electrons. The third-order valence-corrected chi connectivity index (χ3v) is 7.75. The predicted molar refractivity (Wildman–Crippen MR) is 146 cm³/mol. The zero-order valence-electron chi connectivity index (χ0n) is 22.6. The van der Waals surface area contributed by atoms with Crippen LogP contribution in [0.2, 0.25) is 0 Å². The molecule has 0 aromatic carbocycles. The van der Waals surface area contributed by atoms with Gasteiger partial charge >= 0.3 is 6.03 Å². The first-order valence-corrected chi connectivity index (χ1v) is 13.3. The molecule has 2 atom stereocenters. The Balaban J connectivity index is 1.37. The third-order valence-electron chi connectivity index (χ3n) is 7.75. The molecule has 0 radical (unpaired) electrons. The molecule has 2 aromatic heterocycles. The Morgan fingerprint density at radius 1 is 1.23 bits per heavy atom. The molecule has 2 saturated heterocycles. The number of anilines is 3. The number of pyridine rings is 2. The van der Waals surface area contributed by atoms with Crippen LogP contribution in [0.4, 0.5) is 22.1 Å². The summed E-state index contributed by atoms with van der Waals surface area (Å²) in [6.07, 6.45) is 4.83. The number of hydrogen-bond acceptors (Lipinski definition) is 10. The van der Waals surface area contributed by atoms with E-state index in [1.807, 2.05) is 16.9 Å². The number of rotatable bonds is 7. The lowest BCUT2D eigenvalue weighted by molar-refractivity contribution is 0.111. The summed E-state index contributed by atoms with van der Waals surface area (Å²) in [5.41, 5.74) is 3.28. The maximum atomic E-state index is 13.4. The number of aromatic nitrogens is 2. The van der Waals surface area contributed by atoms with Crippen molar-refractivity contribution in [2.24, 2.45) is 0 Å². The minimum atomic E-state index is -0.425. The van der Waals surface area contributed by atoms with Crippen molar-refractivity contribution in [3.63, 3.8) is 0 Å². The molecule has 3 aliphatic heterocycles. The zero-order chi connectivity index (χ0) is 28.2. The number of carbonyl (C=O) groups excluding carboxylic acids is 3. The maximum Gasteiger partial charge on any atom is 0.328 e. The number of urea groups is 1. The summed E-state index contributed by atoms with van der Waals surface area (Å²) in [6, 6.07) is 5.35. The van der Waals surface area contributed by atoms with Crippen molar-refractivity contribution >= 4 is 35.6 Å². The number of nitrogens with one attached hydrogen (secondary N) is 1. The van der Waals surface area contributed by atoms with Crippen LogP contribution in [0.3, 0.4) is 0 Å². The van der Waals surface area contributed by atoms with E-state index in [4.69, 9.17) is 9.47 Å². The molecule has 0 bridgehead atoms. The predicted octanol–water partition coefficient (Wildman–Crippen LogP) is 2.31. The molecule has 2 amide bonds. The Morgan fingerprint density at radius 3 is 2.77 bits per heavy atom. The van der Waals surface area contributed by atoms with E-state index in [9.17, 15) is 19.6 Å². The van der Waals surface area contributed by atoms with Gasteiger partial charge in [0.15, 0.2) is 6.29 Å². The van der Waals surface area contributed by atoms with E-state index in [2.05, 4.69) is 26.3 Å². The van der Waals surface area contributed by atoms with Crippen molar-refractivity contribution in [2.75, 3.05) is 55.5 Å². The van der Waals surface area contributed by atoms with Gasteiger partial charge in [-0.2, -0.15) is 5.26 Å². The summed E-state index contributed by atoms with van der Waals surface area (Å²) in [4.78, 5) is 51.3. The molecule has 5 heterocycles. The minimum absolute atomic E-state index is 0.0819. The van der Waals surface area contributed by atoms with E-state index < -0.39 is 6.03 Å². The number of aryl methyl sites for hydroxylation is 1. The van der Waals surface area contributed by atoms with Crippen LogP contribution in [-0.4, -0.2) is 85.7 Å². The topological polar surface area (TPSA) is 141 Å². The fourth-order valence-corrected chi connectivity index (χ4v) is 5.62. The molecule has 12 heteroatoms. The molecule has 2 fully saturated rings. The van der Waals surface area contributed by atoms with Gasteiger partial charge in [-0.15, -0.1) is 0 Å². The van der Waals surface area contributed by atoms with Crippen LogP contribution in [0, 0.1) is 11.3 Å². The van der Waals surface area contributed by atoms with E-state index in [1.54, 1.807) is 20.3 Å². The zero-order valence-corrected chi connectivity index (χ0v) is 22.6. The molecule has 3 aliphatic rings. The monoisotopic (exact) mass is 545 g/mol. The molecule has 5 rings (SSSR count). The van der Waals surface area contributed by atoms with E-state index in [0.717, 1.165) is 24.9 Å². The molecule has 1 N–H and O–H groups in total. The highest BCUT2D eigenvalue weighted by atomic mass is 16.5. The highest BCUT2D eigenvalue weighted by Gasteiger charge is 2.31. The summed E-state index contributed by atoms with van der Waals surface area (Å²) in [5, 5.41) is 12.4. The first-order valence-electron chi connectivity index (χ1n) is 13.3. The van der Waals surface area contributed by atoms with Gasteiger partial charge in [0.05, 0.1) is 17.4 Å². The van der Waals surface area contributed by atoms with Crippen molar-refractivity contribution in [3.8, 4) is 6.07 Å². The normalized spacial score (nSPS) is 20.2. The van der Waals surface area contributed by atoms with Crippen LogP contribution >= 0.6 is 0 Å². The number of nitrogens with zero attached hydrogens (tertiary/aromatic N) is 6. The molecule has 0 unspecified atom stereocenters. The van der Waals surface area contributed by atoms with Gasteiger partial charge in [-0.3, -0.25) is 15.0 Å². The van der Waals surface area contributed by atoms with Crippen LogP contribution in [-0.2, 0) is 27.2 Å². The Bertz CT molecular complexity index is 1400. The number of hydrogen-bond donors (Lipinski definition) is 1. The lowest BCUT2D eigenvalue weighted by Gasteiger charge is -2.30. The van der Waals surface area contributed by atoms with Crippen LogP contribution in [0.25, 0.3) is 0 Å². The fraction of sp³-hybridized carbons (Fsp3) is 0.464. The second kappa shape index (κ2) is 11.8. The number of carbonyl (C=O) groups is 2. The van der Waals surface area contributed by atoms with Crippen molar-refractivity contribution < 1.29 is 23.9 Å². The number of fused-ring (bicyclic) bond motifs is 1. The summed E-state index contributed by atoms with van der Waals surface area (Å²) in [6.45, 7) is 2.74. The van der Waals surface area contributed by atoms with E-state index in [0.29, 0.717) is 79.5 Å². The molecule has 0 aliphatic carbocycles. The Kier molecular flexibility index (Phi) is 8.07. The van der Waals surface area contributed by atoms with Gasteiger partial charge in [0, 0.05) is 64.8 Å². The quantitative estimate of drug-likeness (QED) is 0.407. The number of likely N-dealkylation sites (tertiary alicyclic amines) is 1. The number of ether oxygens (including phenoxy) is 2. The second-order valence-corrected chi connectivity index (χ2v) is 10.0. The number of amides is 2. The largest absolute Gasteiger partial charge is 0.380 e. The lowest BCUT2D eigenvalue weighted by Crippen LogP contribution is -2.40. The Labute approximate surface area is 232 Å². The van der Waals surface area contributed by atoms with Gasteiger partial charge in [-0.05, 0) is 37.3 Å². The molecule has 2 aromatic rings. The lowest BCUT2D eigenvalue weighted by atomic mass is 10.0. The van der Waals surface area contributed by atoms with Crippen LogP contribution in [0.15, 0.2) is 24.0 Å². The SMILES string of the molecule is CO[C@@H]1CCN(c2cc(NC(=O)N3CCCc4cc(CN5CC[C@@H](OC)C5=C=O)c(C=O)nc43)ncc2C#N)C1. The van der Waals surface area contributed by atoms with Gasteiger partial charge in [0.1, 0.15) is 41.1 Å². The third kappa shape index (κ3) is 5.27. The van der Waals surface area contributed by atoms with Crippen molar-refractivity contribution in [1.29, 1.82) is 5.26 Å². The molecular weight excluding hydrogens is 514 g/mol. The number of aldehydes is 1. The Morgan fingerprint density at radius 2 is 2.08 bits per heavy atom. The minimum Gasteiger partial charge on any atom is -0.380 e. The summed E-state index contributed by atoms with van der Waals surface area (Å²) < 4.78 is 10.8. The number of nitriles is 1. The van der Waals surface area contributed by atoms with Crippen molar-refractivity contribution in [2.45, 2.75) is 44.4 Å². The summed E-state index contributed by atoms with van der Waals surface area (Å²) in [5.74, 6) is 2.72. The average Bonchev–Trinajstić information content (AvgIpc) is 3.63. The van der Waals surface area contributed by atoms with Crippen LogP contribution in [0.1, 0.15) is 46.4 Å². The van der Waals surface area contributed by atoms with Crippen molar-refractivity contribution in [1.82, 2.24) is 14.9 Å². The maximum absolute atomic E-state index is 13.4. The summed E-state index contributed by atoms with van der Waals surface area (Å²) >= 11 is 0. The van der Waals surface area contributed by atoms with Crippen LogP contribution in [0.5, 0.6) is 0 Å². The van der Waals surface area contributed by atoms with Gasteiger partial charge in [0.25, 0.3) is 0 Å². The van der Waals surface area contributed by atoms with Gasteiger partial charge in [-0.25, -0.2) is 19.6 Å². The van der Waals surface area contributed by atoms with Crippen LogP contribution < -0.4 is 15.1 Å². The highest BCUT2D eigenvalue weighted by Crippen LogP contribution is 2.31. The van der Waals surface area contributed by atoms with E-state index in [1.165, 1.54) is 11.1 Å². The van der Waals surface area contributed by atoms with Gasteiger partial charge < -0.3 is 19.3 Å². The molecule has 40 heavy (non-hydrogen) atoms. The average molecular weight is 546 g/mol. The molecule has 0 saturated carbocycles. The van der Waals surface area contributed by atoms with E-state index >= 15 is 0 Å². The number of methoxy groups -OCH3 is 2. The first-order chi connectivity index (χ1) is 19.5. The first kappa shape index (κ1) is 27.3.